The predicted molar refractivity (Wildman–Crippen MR) is 93.7 cm³/mol. The molecular weight excluding hydrogens is 393 g/mol. The number of H-pyrrole nitrogens is 1. The Bertz CT molecular complexity index is 957. The molecule has 0 aliphatic rings. The monoisotopic (exact) mass is 405 g/mol. The number of carbonyl (C=O) groups excluding carboxylic acids is 2. The molecule has 3 rings (SSSR count). The standard InChI is InChI=1S/C17H13BrFN3O3/c1-9(16(23)22-13-5-3-11(18)7-12(13)19)25-17(24)10-2-4-14-15(6-10)21-8-20-14/h2-9H,1H3,(H,20,21)(H,22,23). The maximum absolute atomic E-state index is 13.8. The normalized spacial score (nSPS) is 12.0. The van der Waals surface area contributed by atoms with Crippen molar-refractivity contribution in [3.8, 4) is 0 Å². The number of nitrogens with zero attached hydrogens (tertiary/aromatic N) is 1. The highest BCUT2D eigenvalue weighted by Crippen LogP contribution is 2.20. The van der Waals surface area contributed by atoms with Crippen LogP contribution in [0.15, 0.2) is 47.2 Å². The van der Waals surface area contributed by atoms with Gasteiger partial charge in [0.1, 0.15) is 5.82 Å². The smallest absolute Gasteiger partial charge is 0.338 e. The zero-order chi connectivity index (χ0) is 18.0. The van der Waals surface area contributed by atoms with Gasteiger partial charge < -0.3 is 15.0 Å². The van der Waals surface area contributed by atoms with E-state index in [0.717, 1.165) is 0 Å². The van der Waals surface area contributed by atoms with Gasteiger partial charge in [0, 0.05) is 4.47 Å². The van der Waals surface area contributed by atoms with E-state index in [9.17, 15) is 14.0 Å². The number of halogens is 2. The lowest BCUT2D eigenvalue weighted by molar-refractivity contribution is -0.123. The van der Waals surface area contributed by atoms with Gasteiger partial charge in [-0.2, -0.15) is 0 Å². The molecule has 0 saturated carbocycles. The minimum absolute atomic E-state index is 0.00924. The number of rotatable bonds is 4. The van der Waals surface area contributed by atoms with Crippen molar-refractivity contribution in [1.29, 1.82) is 0 Å². The van der Waals surface area contributed by atoms with Gasteiger partial charge in [0.2, 0.25) is 0 Å². The van der Waals surface area contributed by atoms with Crippen molar-refractivity contribution < 1.29 is 18.7 Å². The third kappa shape index (κ3) is 3.85. The first-order valence-electron chi connectivity index (χ1n) is 7.34. The van der Waals surface area contributed by atoms with E-state index in [1.165, 1.54) is 25.4 Å². The van der Waals surface area contributed by atoms with Crippen molar-refractivity contribution in [2.45, 2.75) is 13.0 Å². The number of ether oxygens (including phenoxy) is 1. The van der Waals surface area contributed by atoms with Crippen molar-refractivity contribution in [2.24, 2.45) is 0 Å². The fraction of sp³-hybridized carbons (Fsp3) is 0.118. The van der Waals surface area contributed by atoms with E-state index in [0.29, 0.717) is 15.5 Å². The second-order valence-electron chi connectivity index (χ2n) is 5.30. The molecule has 128 valence electrons. The van der Waals surface area contributed by atoms with Crippen molar-refractivity contribution in [3.63, 3.8) is 0 Å². The minimum atomic E-state index is -1.09. The fourth-order valence-corrected chi connectivity index (χ4v) is 2.50. The number of fused-ring (bicyclic) bond motifs is 1. The largest absolute Gasteiger partial charge is 0.449 e. The van der Waals surface area contributed by atoms with Crippen LogP contribution in [0.3, 0.4) is 0 Å². The highest BCUT2D eigenvalue weighted by Gasteiger charge is 2.20. The van der Waals surface area contributed by atoms with Gasteiger partial charge >= 0.3 is 5.97 Å². The second kappa shape index (κ2) is 7.02. The van der Waals surface area contributed by atoms with Gasteiger partial charge in [0.15, 0.2) is 6.10 Å². The molecule has 0 aliphatic heterocycles. The summed E-state index contributed by atoms with van der Waals surface area (Å²) in [6.07, 6.45) is 0.427. The van der Waals surface area contributed by atoms with Crippen LogP contribution in [0.5, 0.6) is 0 Å². The number of esters is 1. The quantitative estimate of drug-likeness (QED) is 0.648. The number of hydrogen-bond donors (Lipinski definition) is 2. The summed E-state index contributed by atoms with van der Waals surface area (Å²) in [6.45, 7) is 1.42. The van der Waals surface area contributed by atoms with Gasteiger partial charge in [-0.25, -0.2) is 14.2 Å². The van der Waals surface area contributed by atoms with Crippen molar-refractivity contribution in [1.82, 2.24) is 9.97 Å². The first kappa shape index (κ1) is 17.1. The minimum Gasteiger partial charge on any atom is -0.449 e. The lowest BCUT2D eigenvalue weighted by Crippen LogP contribution is -2.30. The van der Waals surface area contributed by atoms with Crippen molar-refractivity contribution in [2.75, 3.05) is 5.32 Å². The summed E-state index contributed by atoms with van der Waals surface area (Å²) in [4.78, 5) is 31.2. The molecule has 1 unspecified atom stereocenters. The van der Waals surface area contributed by atoms with Crippen molar-refractivity contribution in [3.05, 3.63) is 58.6 Å². The average molecular weight is 406 g/mol. The number of aromatic nitrogens is 2. The first-order valence-corrected chi connectivity index (χ1v) is 8.13. The first-order chi connectivity index (χ1) is 11.9. The molecular formula is C17H13BrFN3O3. The molecule has 2 aromatic carbocycles. The Morgan fingerprint density at radius 2 is 2.08 bits per heavy atom. The molecule has 1 atom stereocenters. The Hall–Kier alpha value is -2.74. The van der Waals surface area contributed by atoms with Gasteiger partial charge in [-0.1, -0.05) is 15.9 Å². The number of aromatic amines is 1. The summed E-state index contributed by atoms with van der Waals surface area (Å²) in [7, 11) is 0. The second-order valence-corrected chi connectivity index (χ2v) is 6.21. The highest BCUT2D eigenvalue weighted by atomic mass is 79.9. The molecule has 0 aliphatic carbocycles. The molecule has 0 spiro atoms. The molecule has 3 aromatic rings. The molecule has 0 saturated heterocycles. The SMILES string of the molecule is CC(OC(=O)c1ccc2nc[nH]c2c1)C(=O)Nc1ccc(Br)cc1F. The number of carbonyl (C=O) groups is 2. The summed E-state index contributed by atoms with van der Waals surface area (Å²) in [5.74, 6) is -1.88. The number of anilines is 1. The van der Waals surface area contributed by atoms with Crippen LogP contribution in [-0.4, -0.2) is 27.9 Å². The summed E-state index contributed by atoms with van der Waals surface area (Å²) in [6, 6.07) is 9.05. The third-order valence-electron chi connectivity index (χ3n) is 3.50. The molecule has 0 fully saturated rings. The van der Waals surface area contributed by atoms with Gasteiger partial charge in [-0.15, -0.1) is 0 Å². The summed E-state index contributed by atoms with van der Waals surface area (Å²) in [5.41, 5.74) is 1.69. The van der Waals surface area contributed by atoms with E-state index in [1.807, 2.05) is 0 Å². The summed E-state index contributed by atoms with van der Waals surface area (Å²) in [5, 5.41) is 2.39. The summed E-state index contributed by atoms with van der Waals surface area (Å²) >= 11 is 3.14. The van der Waals surface area contributed by atoms with Crippen LogP contribution in [0, 0.1) is 5.82 Å². The molecule has 2 N–H and O–H groups in total. The maximum atomic E-state index is 13.8. The van der Waals surface area contributed by atoms with E-state index in [4.69, 9.17) is 4.74 Å². The molecule has 0 bridgehead atoms. The molecule has 1 heterocycles. The molecule has 25 heavy (non-hydrogen) atoms. The zero-order valence-electron chi connectivity index (χ0n) is 13.0. The van der Waals surface area contributed by atoms with Crippen molar-refractivity contribution >= 4 is 44.5 Å². The molecule has 0 radical (unpaired) electrons. The van der Waals surface area contributed by atoms with E-state index >= 15 is 0 Å². The highest BCUT2D eigenvalue weighted by molar-refractivity contribution is 9.10. The maximum Gasteiger partial charge on any atom is 0.338 e. The molecule has 8 heteroatoms. The number of benzene rings is 2. The predicted octanol–water partition coefficient (Wildman–Crippen LogP) is 3.65. The van der Waals surface area contributed by atoms with Crippen LogP contribution in [0.2, 0.25) is 0 Å². The third-order valence-corrected chi connectivity index (χ3v) is 3.99. The Morgan fingerprint density at radius 3 is 2.84 bits per heavy atom. The Kier molecular flexibility index (Phi) is 4.80. The topological polar surface area (TPSA) is 84.1 Å². The molecule has 1 amide bonds. The lowest BCUT2D eigenvalue weighted by atomic mass is 10.2. The Balaban J connectivity index is 1.66. The number of imidazole rings is 1. The van der Waals surface area contributed by atoms with Crippen LogP contribution < -0.4 is 5.32 Å². The van der Waals surface area contributed by atoms with Gasteiger partial charge in [-0.05, 0) is 43.3 Å². The van der Waals surface area contributed by atoms with Crippen LogP contribution >= 0.6 is 15.9 Å². The number of amides is 1. The van der Waals surface area contributed by atoms with E-state index in [2.05, 4.69) is 31.2 Å². The Labute approximate surface area is 150 Å². The van der Waals surface area contributed by atoms with Crippen LogP contribution in [0.4, 0.5) is 10.1 Å². The lowest BCUT2D eigenvalue weighted by Gasteiger charge is -2.14. The Morgan fingerprint density at radius 1 is 1.28 bits per heavy atom. The summed E-state index contributed by atoms with van der Waals surface area (Å²) < 4.78 is 19.5. The fourth-order valence-electron chi connectivity index (χ4n) is 2.17. The average Bonchev–Trinajstić information content (AvgIpc) is 3.04. The van der Waals surface area contributed by atoms with Crippen LogP contribution in [0.25, 0.3) is 11.0 Å². The van der Waals surface area contributed by atoms with E-state index < -0.39 is 23.8 Å². The molecule has 6 nitrogen and oxygen atoms in total. The zero-order valence-corrected chi connectivity index (χ0v) is 14.6. The van der Waals surface area contributed by atoms with Crippen LogP contribution in [-0.2, 0) is 9.53 Å². The van der Waals surface area contributed by atoms with E-state index in [1.54, 1.807) is 24.3 Å². The molecule has 1 aromatic heterocycles. The van der Waals surface area contributed by atoms with Gasteiger partial charge in [0.25, 0.3) is 5.91 Å². The van der Waals surface area contributed by atoms with Gasteiger partial charge in [-0.3, -0.25) is 4.79 Å². The number of hydrogen-bond acceptors (Lipinski definition) is 4. The van der Waals surface area contributed by atoms with Gasteiger partial charge in [0.05, 0.1) is 28.6 Å². The van der Waals surface area contributed by atoms with Crippen LogP contribution in [0.1, 0.15) is 17.3 Å². The van der Waals surface area contributed by atoms with E-state index in [-0.39, 0.29) is 11.3 Å². The number of nitrogens with one attached hydrogen (secondary N) is 2.